The minimum Gasteiger partial charge on any atom is -0.468 e. The number of ether oxygens (including phenoxy) is 7. The first kappa shape index (κ1) is 114. The second-order valence-electron chi connectivity index (χ2n) is 26.7. The maximum absolute atomic E-state index is 13.5. The molecule has 124 heavy (non-hydrogen) atoms. The van der Waals surface area contributed by atoms with E-state index in [9.17, 15) is 45.6 Å². The number of esters is 3. The molecule has 0 saturated carbocycles. The second kappa shape index (κ2) is 64.3. The first-order valence-electron chi connectivity index (χ1n) is 38.6. The van der Waals surface area contributed by atoms with Gasteiger partial charge in [-0.1, -0.05) is 114 Å². The molecule has 0 spiro atoms. The van der Waals surface area contributed by atoms with Crippen molar-refractivity contribution in [3.05, 3.63) is 131 Å². The predicted octanol–water partition coefficient (Wildman–Crippen LogP) is 14.3. The van der Waals surface area contributed by atoms with E-state index in [-0.39, 0.29) is 92.9 Å². The van der Waals surface area contributed by atoms with Crippen molar-refractivity contribution >= 4 is 67.4 Å². The molecule has 1 fully saturated rings. The zero-order chi connectivity index (χ0) is 93.8. The van der Waals surface area contributed by atoms with Gasteiger partial charge < -0.3 is 33.2 Å². The summed E-state index contributed by atoms with van der Waals surface area (Å²) in [4.78, 5) is 72.0. The van der Waals surface area contributed by atoms with Crippen molar-refractivity contribution in [3.63, 3.8) is 0 Å². The highest BCUT2D eigenvalue weighted by Gasteiger charge is 2.56. The molecule has 0 radical (unpaired) electrons. The number of nitrogens with zero attached hydrogens (tertiary/aromatic N) is 1. The van der Waals surface area contributed by atoms with E-state index in [1.165, 1.54) is 25.3 Å². The van der Waals surface area contributed by atoms with Crippen molar-refractivity contribution in [2.75, 3.05) is 67.5 Å². The molecule has 0 unspecified atom stereocenters. The van der Waals surface area contributed by atoms with Crippen LogP contribution in [0.2, 0.25) is 0 Å². The summed E-state index contributed by atoms with van der Waals surface area (Å²) in [5.74, 6) is 75.4. The SMILES string of the molecule is CC#CCC(CC#CC)(COC)COC.CC#CCC(CC#CC)(COC=O)C(=O)OC.CC#CCC(CC#CC)(c1ccccc1)S(=O)(=O)c1ccccc1.CC#CCC1(CC#CC)C(=O)OC(C)(C)OC1=O.CC#CCC1(CC#CC)C(=O)c2ccccc2C1=O.CC#CCN(CC#CC)S(=O)(=O)c1ccc(C)cc1.CC#CCOCC#CC.O=S=O. The monoisotopic (exact) mass is 1740 g/mol. The second-order valence-corrected chi connectivity index (χ2v) is 31.0. The molecule has 1 aliphatic carbocycles. The number of sulfone groups is 1. The minimum absolute atomic E-state index is 0.0614. The largest absolute Gasteiger partial charge is 0.468 e. The highest BCUT2D eigenvalue weighted by atomic mass is 32.2. The summed E-state index contributed by atoms with van der Waals surface area (Å²) in [6, 6.07) is 31.5. The highest BCUT2D eigenvalue weighted by molar-refractivity contribution is 7.92. The number of ketones is 2. The van der Waals surface area contributed by atoms with E-state index >= 15 is 0 Å². The highest BCUT2D eigenvalue weighted by Crippen LogP contribution is 2.44. The molecular formula is C101H113NO19S3. The summed E-state index contributed by atoms with van der Waals surface area (Å²) in [6.45, 7) is 31.8. The van der Waals surface area contributed by atoms with Crippen molar-refractivity contribution in [1.82, 2.24) is 4.31 Å². The molecule has 4 aromatic rings. The molecule has 0 aromatic heterocycles. The summed E-state index contributed by atoms with van der Waals surface area (Å²) in [5, 5.41) is 0. The molecule has 1 heterocycles. The minimum atomic E-state index is -3.67. The Morgan fingerprint density at radius 3 is 1.15 bits per heavy atom. The number of sulfonamides is 1. The van der Waals surface area contributed by atoms with Gasteiger partial charge in [0.15, 0.2) is 26.8 Å². The Hall–Kier alpha value is -12.5. The molecular weight excluding hydrogens is 1630 g/mol. The molecule has 1 aliphatic heterocycles. The number of methoxy groups -OCH3 is 3. The van der Waals surface area contributed by atoms with Crippen LogP contribution in [0.15, 0.2) is 119 Å². The Kier molecular flexibility index (Phi) is 58.9. The molecule has 1 saturated heterocycles. The number of cyclic esters (lactones) is 2. The van der Waals surface area contributed by atoms with Gasteiger partial charge in [-0.05, 0) is 134 Å². The van der Waals surface area contributed by atoms with E-state index in [4.69, 9.17) is 41.6 Å². The Bertz CT molecular complexity index is 5180. The molecule has 0 N–H and O–H groups in total. The molecule has 0 bridgehead atoms. The molecule has 654 valence electrons. The maximum atomic E-state index is 13.5. The lowest BCUT2D eigenvalue weighted by Gasteiger charge is -2.38. The zero-order valence-electron chi connectivity index (χ0n) is 74.9. The van der Waals surface area contributed by atoms with Crippen LogP contribution in [-0.4, -0.2) is 139 Å². The summed E-state index contributed by atoms with van der Waals surface area (Å²) in [6.07, 6.45) is 3.04. The number of benzene rings is 4. The van der Waals surface area contributed by atoms with Crippen molar-refractivity contribution < 1.29 is 87.2 Å². The quantitative estimate of drug-likeness (QED) is 0.0134. The summed E-state index contributed by atoms with van der Waals surface area (Å²) < 4.78 is 104. The van der Waals surface area contributed by atoms with E-state index in [1.54, 1.807) is 176 Å². The number of hydrogen-bond acceptors (Lipinski definition) is 19. The third kappa shape index (κ3) is 37.9. The van der Waals surface area contributed by atoms with Crippen LogP contribution in [0.5, 0.6) is 0 Å². The summed E-state index contributed by atoms with van der Waals surface area (Å²) in [5.41, 5.74) is -0.854. The van der Waals surface area contributed by atoms with Crippen LogP contribution in [0.3, 0.4) is 0 Å². The summed E-state index contributed by atoms with van der Waals surface area (Å²) in [7, 11) is -2.52. The van der Waals surface area contributed by atoms with Gasteiger partial charge in [0.25, 0.3) is 12.3 Å². The van der Waals surface area contributed by atoms with Crippen LogP contribution < -0.4 is 0 Å². The van der Waals surface area contributed by atoms with Crippen LogP contribution >= 0.6 is 0 Å². The lowest BCUT2D eigenvalue weighted by atomic mass is 9.77. The lowest BCUT2D eigenvalue weighted by molar-refractivity contribution is -0.250. The Morgan fingerprint density at radius 1 is 0.444 bits per heavy atom. The van der Waals surface area contributed by atoms with Crippen molar-refractivity contribution in [2.24, 2.45) is 21.7 Å². The van der Waals surface area contributed by atoms with Gasteiger partial charge in [-0.25, -0.2) is 16.8 Å². The van der Waals surface area contributed by atoms with Gasteiger partial charge in [0.1, 0.15) is 35.4 Å². The van der Waals surface area contributed by atoms with Gasteiger partial charge in [0, 0.05) is 109 Å². The van der Waals surface area contributed by atoms with Gasteiger partial charge in [0.05, 0.1) is 43.2 Å². The van der Waals surface area contributed by atoms with E-state index in [0.717, 1.165) is 24.0 Å². The van der Waals surface area contributed by atoms with Gasteiger partial charge in [-0.3, -0.25) is 28.8 Å². The van der Waals surface area contributed by atoms with Gasteiger partial charge in [0.2, 0.25) is 10.0 Å². The number of carbonyl (C=O) groups is 6. The average Bonchev–Trinajstić information content (AvgIpc) is 1.45. The Labute approximate surface area is 742 Å². The molecule has 6 rings (SSSR count). The van der Waals surface area contributed by atoms with E-state index in [1.807, 2.05) is 51.1 Å². The fourth-order valence-electron chi connectivity index (χ4n) is 11.1. The summed E-state index contributed by atoms with van der Waals surface area (Å²) >= 11 is -0.750. The smallest absolute Gasteiger partial charge is 0.335 e. The van der Waals surface area contributed by atoms with Crippen LogP contribution in [0.1, 0.15) is 207 Å². The molecule has 23 heteroatoms. The van der Waals surface area contributed by atoms with Gasteiger partial charge in [-0.15, -0.1) is 142 Å². The van der Waals surface area contributed by atoms with Crippen molar-refractivity contribution in [2.45, 2.75) is 202 Å². The molecule has 4 aromatic carbocycles. The van der Waals surface area contributed by atoms with Crippen LogP contribution in [0, 0.1) is 194 Å². The van der Waals surface area contributed by atoms with Crippen LogP contribution in [-0.2, 0) is 88.5 Å². The van der Waals surface area contributed by atoms with Crippen LogP contribution in [0.4, 0.5) is 0 Å². The number of rotatable bonds is 27. The first-order valence-corrected chi connectivity index (χ1v) is 42.2. The van der Waals surface area contributed by atoms with E-state index in [2.05, 4.69) is 166 Å². The Balaban J connectivity index is 0. The number of fused-ring (bicyclic) bond motifs is 1. The van der Waals surface area contributed by atoms with Crippen molar-refractivity contribution in [3.8, 4) is 166 Å². The standard InChI is InChI=1S/C21H20O2S.C17H14O2.C15H17NO2S.C14H16O4.C13H16O4.C13H20O2.C8H10O.O2S/c1-3-5-17-21(18-6-4-2,19-13-9-7-10-14-19)24(22,23)20-15-11-8-12-16-20;1-3-5-11-17(12-6-4-2)15(18)13-9-7-8-10-14(13)16(17)19;1-4-6-12-16(13-7-5-2)19(17,18)15-10-8-14(3)9-11-15;1-5-7-9-14(10-8-6-2)11(15)17-13(3,4)18-12(14)16;1-4-6-8-13(9-7-5-2,10-17-11-14)12(15)16-3;1-5-7-9-13(11-14-3,12-15-4)10-8-6-2;1-3-5-7-9-8-6-4-2;1-3-2/h7-16H,17-18H2,1-2H3;7-10H,11-12H2,1-2H3;8-11H,12-13H2,1-3H3;9-10H2,1-4H3;11H,8-10H2,1-3H3;9-12H2,1-4H3;7-8H2,1-2H3;. The molecule has 0 atom stereocenters. The average molecular weight is 1740 g/mol. The normalized spacial score (nSPS) is 11.8. The lowest BCUT2D eigenvalue weighted by Crippen LogP contribution is -2.53. The number of Topliss-reactive ketones (excluding diaryl/α,β-unsaturated/α-hetero) is 2. The Morgan fingerprint density at radius 2 is 0.790 bits per heavy atom. The predicted molar refractivity (Wildman–Crippen MR) is 485 cm³/mol. The first-order chi connectivity index (χ1) is 59.4. The van der Waals surface area contributed by atoms with Crippen molar-refractivity contribution in [1.29, 1.82) is 0 Å². The topological polar surface area (TPSA) is 273 Å². The number of carbonyl (C=O) groups excluding carboxylic acids is 6. The van der Waals surface area contributed by atoms with E-state index < -0.39 is 76.1 Å². The van der Waals surface area contributed by atoms with E-state index in [0.29, 0.717) is 48.9 Å². The third-order valence-corrected chi connectivity index (χ3v) is 21.9. The fraction of sp³-hybridized carbons (Fsp3) is 0.426. The zero-order valence-corrected chi connectivity index (χ0v) is 77.4. The number of hydrogen-bond donors (Lipinski definition) is 0. The third-order valence-electron chi connectivity index (χ3n) is 17.6. The van der Waals surface area contributed by atoms with Gasteiger partial charge in [-0.2, -0.15) is 12.7 Å². The molecule has 2 aliphatic rings. The fourth-order valence-corrected chi connectivity index (χ4v) is 14.2. The number of aryl methyl sites for hydroxylation is 1. The maximum Gasteiger partial charge on any atom is 0.335 e. The van der Waals surface area contributed by atoms with Crippen LogP contribution in [0.25, 0.3) is 0 Å². The van der Waals surface area contributed by atoms with Gasteiger partial charge >= 0.3 is 29.5 Å². The molecule has 20 nitrogen and oxygen atoms in total. The molecule has 0 amide bonds.